The summed E-state index contributed by atoms with van der Waals surface area (Å²) in [6, 6.07) is 8.12. The van der Waals surface area contributed by atoms with E-state index in [0.717, 1.165) is 36.7 Å². The first-order valence-corrected chi connectivity index (χ1v) is 9.22. The molecule has 0 atom stereocenters. The van der Waals surface area contributed by atoms with Crippen LogP contribution in [0.3, 0.4) is 0 Å². The number of ether oxygens (including phenoxy) is 1. The second-order valence-corrected chi connectivity index (χ2v) is 7.11. The maximum absolute atomic E-state index is 12.3. The monoisotopic (exact) mass is 361 g/mol. The second-order valence-electron chi connectivity index (χ2n) is 6.02. The number of aromatic nitrogens is 2. The summed E-state index contributed by atoms with van der Waals surface area (Å²) in [5, 5.41) is 12.0. The predicted molar refractivity (Wildman–Crippen MR) is 98.0 cm³/mol. The highest BCUT2D eigenvalue weighted by atomic mass is 32.1. The van der Waals surface area contributed by atoms with Crippen LogP contribution in [-0.2, 0) is 6.42 Å². The molecule has 134 valence electrons. The third-order valence-electron chi connectivity index (χ3n) is 4.46. The number of nitrogen functional groups attached to an aromatic ring is 1. The summed E-state index contributed by atoms with van der Waals surface area (Å²) < 4.78 is 5.46. The minimum atomic E-state index is -0.0176. The zero-order chi connectivity index (χ0) is 17.6. The minimum absolute atomic E-state index is 0.0176. The molecule has 1 aliphatic rings. The van der Waals surface area contributed by atoms with Crippen molar-refractivity contribution in [3.63, 3.8) is 0 Å². The Morgan fingerprint density at radius 1 is 1.36 bits per heavy atom. The average Bonchev–Trinajstić information content (AvgIpc) is 3.07. The molecular formula is C17H23N5O2S. The van der Waals surface area contributed by atoms with Crippen LogP contribution >= 0.6 is 11.3 Å². The zero-order valence-electron chi connectivity index (χ0n) is 14.3. The lowest BCUT2D eigenvalue weighted by molar-refractivity contribution is 0.181. The average molecular weight is 361 g/mol. The first-order chi connectivity index (χ1) is 12.2. The van der Waals surface area contributed by atoms with E-state index in [2.05, 4.69) is 21.6 Å². The molecule has 0 saturated carbocycles. The number of urea groups is 1. The van der Waals surface area contributed by atoms with Crippen LogP contribution < -0.4 is 15.8 Å². The molecule has 2 amide bonds. The Bertz CT molecular complexity index is 713. The standard InChI is InChI=1S/C17H23N5O2S/c1-24-14-5-3-2-4-13(14)12-7-10-22(11-8-12)17(23)19-9-6-15-20-21-16(18)25-15/h2-5,12H,6-11H2,1H3,(H2,18,21)(H,19,23). The van der Waals surface area contributed by atoms with Crippen LogP contribution in [0.25, 0.3) is 0 Å². The number of methoxy groups -OCH3 is 1. The molecule has 3 N–H and O–H groups in total. The highest BCUT2D eigenvalue weighted by Gasteiger charge is 2.25. The Hall–Kier alpha value is -2.35. The molecule has 0 unspecified atom stereocenters. The Balaban J connectivity index is 1.46. The third-order valence-corrected chi connectivity index (χ3v) is 5.27. The van der Waals surface area contributed by atoms with Crippen molar-refractivity contribution in [2.75, 3.05) is 32.5 Å². The molecule has 0 spiro atoms. The van der Waals surface area contributed by atoms with E-state index in [4.69, 9.17) is 10.5 Å². The number of para-hydroxylation sites is 1. The predicted octanol–water partition coefficient (Wildman–Crippen LogP) is 2.26. The molecule has 8 heteroatoms. The number of carbonyl (C=O) groups excluding carboxylic acids is 1. The third kappa shape index (κ3) is 4.39. The van der Waals surface area contributed by atoms with Crippen molar-refractivity contribution < 1.29 is 9.53 Å². The van der Waals surface area contributed by atoms with Gasteiger partial charge in [0.25, 0.3) is 0 Å². The molecule has 1 saturated heterocycles. The molecule has 7 nitrogen and oxygen atoms in total. The Morgan fingerprint density at radius 3 is 2.80 bits per heavy atom. The van der Waals surface area contributed by atoms with Gasteiger partial charge in [-0.05, 0) is 30.4 Å². The molecular weight excluding hydrogens is 338 g/mol. The van der Waals surface area contributed by atoms with Crippen LogP contribution in [-0.4, -0.2) is 47.9 Å². The summed E-state index contributed by atoms with van der Waals surface area (Å²) in [6.07, 6.45) is 2.54. The zero-order valence-corrected chi connectivity index (χ0v) is 15.1. The number of hydrogen-bond acceptors (Lipinski definition) is 6. The molecule has 1 aromatic heterocycles. The van der Waals surface area contributed by atoms with Crippen molar-refractivity contribution in [3.8, 4) is 5.75 Å². The van der Waals surface area contributed by atoms with Crippen LogP contribution in [0.4, 0.5) is 9.93 Å². The van der Waals surface area contributed by atoms with Crippen molar-refractivity contribution in [2.24, 2.45) is 0 Å². The molecule has 0 aliphatic carbocycles. The SMILES string of the molecule is COc1ccccc1C1CCN(C(=O)NCCc2nnc(N)s2)CC1. The first-order valence-electron chi connectivity index (χ1n) is 8.41. The number of hydrogen-bond donors (Lipinski definition) is 2. The summed E-state index contributed by atoms with van der Waals surface area (Å²) in [4.78, 5) is 14.2. The number of rotatable bonds is 5. The quantitative estimate of drug-likeness (QED) is 0.852. The van der Waals surface area contributed by atoms with Gasteiger partial charge in [0.15, 0.2) is 0 Å². The van der Waals surface area contributed by atoms with E-state index in [1.807, 2.05) is 23.1 Å². The smallest absolute Gasteiger partial charge is 0.317 e. The van der Waals surface area contributed by atoms with Crippen LogP contribution in [0.2, 0.25) is 0 Å². The normalized spacial score (nSPS) is 15.2. The van der Waals surface area contributed by atoms with Gasteiger partial charge in [0, 0.05) is 26.1 Å². The Labute approximate surface area is 151 Å². The van der Waals surface area contributed by atoms with Crippen LogP contribution in [0, 0.1) is 0 Å². The van der Waals surface area contributed by atoms with Gasteiger partial charge >= 0.3 is 6.03 Å². The van der Waals surface area contributed by atoms with Crippen LogP contribution in [0.5, 0.6) is 5.75 Å². The van der Waals surface area contributed by atoms with Crippen molar-refractivity contribution >= 4 is 22.5 Å². The lowest BCUT2D eigenvalue weighted by atomic mass is 9.89. The van der Waals surface area contributed by atoms with Gasteiger partial charge in [-0.3, -0.25) is 0 Å². The molecule has 0 bridgehead atoms. The lowest BCUT2D eigenvalue weighted by Crippen LogP contribution is -2.44. The molecule has 3 rings (SSSR count). The van der Waals surface area contributed by atoms with Crippen molar-refractivity contribution in [3.05, 3.63) is 34.8 Å². The summed E-state index contributed by atoms with van der Waals surface area (Å²) in [5.41, 5.74) is 6.78. The second kappa shape index (κ2) is 8.15. The molecule has 0 radical (unpaired) electrons. The van der Waals surface area contributed by atoms with Gasteiger partial charge in [0.05, 0.1) is 7.11 Å². The molecule has 1 aromatic carbocycles. The number of nitrogens with one attached hydrogen (secondary N) is 1. The van der Waals surface area contributed by atoms with Gasteiger partial charge in [-0.1, -0.05) is 29.5 Å². The fraction of sp³-hybridized carbons (Fsp3) is 0.471. The van der Waals surface area contributed by atoms with Crippen molar-refractivity contribution in [1.29, 1.82) is 0 Å². The lowest BCUT2D eigenvalue weighted by Gasteiger charge is -2.32. The van der Waals surface area contributed by atoms with Gasteiger partial charge in [0.1, 0.15) is 10.8 Å². The highest BCUT2D eigenvalue weighted by Crippen LogP contribution is 2.33. The summed E-state index contributed by atoms with van der Waals surface area (Å²) >= 11 is 1.36. The molecule has 25 heavy (non-hydrogen) atoms. The number of anilines is 1. The fourth-order valence-electron chi connectivity index (χ4n) is 3.15. The van der Waals surface area contributed by atoms with Gasteiger partial charge < -0.3 is 20.7 Å². The highest BCUT2D eigenvalue weighted by molar-refractivity contribution is 7.15. The van der Waals surface area contributed by atoms with E-state index in [-0.39, 0.29) is 6.03 Å². The minimum Gasteiger partial charge on any atom is -0.496 e. The van der Waals surface area contributed by atoms with Crippen molar-refractivity contribution in [2.45, 2.75) is 25.2 Å². The summed E-state index contributed by atoms with van der Waals surface area (Å²) in [6.45, 7) is 2.04. The van der Waals surface area contributed by atoms with Gasteiger partial charge in [-0.15, -0.1) is 10.2 Å². The molecule has 2 aromatic rings. The van der Waals surface area contributed by atoms with Crippen molar-refractivity contribution in [1.82, 2.24) is 20.4 Å². The molecule has 2 heterocycles. The number of benzene rings is 1. The number of carbonyl (C=O) groups is 1. The molecule has 1 aliphatic heterocycles. The number of likely N-dealkylation sites (tertiary alicyclic amines) is 1. The number of nitrogens with two attached hydrogens (primary N) is 1. The molecule has 1 fully saturated rings. The fourth-order valence-corrected chi connectivity index (χ4v) is 3.76. The number of amides is 2. The first kappa shape index (κ1) is 17.5. The van der Waals surface area contributed by atoms with E-state index < -0.39 is 0 Å². The van der Waals surface area contributed by atoms with E-state index in [1.165, 1.54) is 16.9 Å². The summed E-state index contributed by atoms with van der Waals surface area (Å²) in [7, 11) is 1.70. The van der Waals surface area contributed by atoms with Crippen LogP contribution in [0.1, 0.15) is 29.3 Å². The number of piperidine rings is 1. The van der Waals surface area contributed by atoms with E-state index in [0.29, 0.717) is 24.0 Å². The van der Waals surface area contributed by atoms with E-state index >= 15 is 0 Å². The Kier molecular flexibility index (Phi) is 5.70. The maximum Gasteiger partial charge on any atom is 0.317 e. The van der Waals surface area contributed by atoms with Crippen LogP contribution in [0.15, 0.2) is 24.3 Å². The summed E-state index contributed by atoms with van der Waals surface area (Å²) in [5.74, 6) is 1.37. The number of nitrogens with zero attached hydrogens (tertiary/aromatic N) is 3. The van der Waals surface area contributed by atoms with Gasteiger partial charge in [-0.2, -0.15) is 0 Å². The van der Waals surface area contributed by atoms with Gasteiger partial charge in [0.2, 0.25) is 5.13 Å². The van der Waals surface area contributed by atoms with Gasteiger partial charge in [-0.25, -0.2) is 4.79 Å². The largest absolute Gasteiger partial charge is 0.496 e. The Morgan fingerprint density at radius 2 is 2.12 bits per heavy atom. The maximum atomic E-state index is 12.3. The van der Waals surface area contributed by atoms with E-state index in [9.17, 15) is 4.79 Å². The topological polar surface area (TPSA) is 93.4 Å². The van der Waals surface area contributed by atoms with E-state index in [1.54, 1.807) is 7.11 Å².